The Kier molecular flexibility index (Phi) is 6.34. The molecule has 1 atom stereocenters. The lowest BCUT2D eigenvalue weighted by molar-refractivity contribution is 0.139. The molecule has 1 N–H and O–H groups in total. The normalized spacial score (nSPS) is 18.4. The van der Waals surface area contributed by atoms with Crippen molar-refractivity contribution in [2.45, 2.75) is 45.6 Å². The van der Waals surface area contributed by atoms with Crippen LogP contribution in [0.15, 0.2) is 36.7 Å². The van der Waals surface area contributed by atoms with Gasteiger partial charge in [0.1, 0.15) is 5.82 Å². The van der Waals surface area contributed by atoms with E-state index in [9.17, 15) is 0 Å². The number of nitrogens with one attached hydrogen (secondary N) is 1. The molecule has 1 fully saturated rings. The molecule has 0 radical (unpaired) electrons. The summed E-state index contributed by atoms with van der Waals surface area (Å²) in [6.07, 6.45) is 8.25. The number of pyridine rings is 1. The summed E-state index contributed by atoms with van der Waals surface area (Å²) in [5.74, 6) is 1.56. The largest absolute Gasteiger partial charge is 0.368 e. The smallest absolute Gasteiger partial charge is 0.148 e. The average Bonchev–Trinajstić information content (AvgIpc) is 2.64. The molecule has 25 heavy (non-hydrogen) atoms. The highest BCUT2D eigenvalue weighted by molar-refractivity contribution is 5.33. The minimum Gasteiger partial charge on any atom is -0.368 e. The van der Waals surface area contributed by atoms with Crippen molar-refractivity contribution in [2.24, 2.45) is 5.92 Å². The molecule has 3 heterocycles. The molecule has 1 saturated heterocycles. The summed E-state index contributed by atoms with van der Waals surface area (Å²) in [6, 6.07) is 8.90. The van der Waals surface area contributed by atoms with Gasteiger partial charge in [-0.1, -0.05) is 0 Å². The maximum absolute atomic E-state index is 4.43. The average molecular weight is 339 g/mol. The molecule has 0 amide bonds. The van der Waals surface area contributed by atoms with Gasteiger partial charge in [-0.05, 0) is 81.8 Å². The lowest BCUT2D eigenvalue weighted by Crippen LogP contribution is -2.40. The van der Waals surface area contributed by atoms with Crippen LogP contribution in [0.3, 0.4) is 0 Å². The summed E-state index contributed by atoms with van der Waals surface area (Å²) in [5, 5.41) is 12.1. The molecular formula is C20H29N5. The summed E-state index contributed by atoms with van der Waals surface area (Å²) in [7, 11) is 0. The standard InChI is InChI=1S/C20H29N5/c1-16(2)25-13-3-4-18(15-25)14-19-5-6-20(24-23-19)22-12-9-17-7-10-21-11-8-17/h5-8,10-11,16,18H,3-4,9,12-15H2,1-2H3,(H,22,24)/t18-/m0/s1. The van der Waals surface area contributed by atoms with Gasteiger partial charge in [0.15, 0.2) is 0 Å². The van der Waals surface area contributed by atoms with Gasteiger partial charge < -0.3 is 10.2 Å². The molecule has 3 rings (SSSR count). The van der Waals surface area contributed by atoms with Gasteiger partial charge >= 0.3 is 0 Å². The predicted octanol–water partition coefficient (Wildman–Crippen LogP) is 3.19. The van der Waals surface area contributed by atoms with Crippen molar-refractivity contribution in [1.82, 2.24) is 20.1 Å². The zero-order valence-electron chi connectivity index (χ0n) is 15.4. The van der Waals surface area contributed by atoms with E-state index in [0.717, 1.165) is 30.9 Å². The Bertz CT molecular complexity index is 626. The molecule has 0 bridgehead atoms. The summed E-state index contributed by atoms with van der Waals surface area (Å²) >= 11 is 0. The van der Waals surface area contributed by atoms with Crippen LogP contribution in [0.2, 0.25) is 0 Å². The quantitative estimate of drug-likeness (QED) is 0.839. The molecule has 0 aromatic carbocycles. The van der Waals surface area contributed by atoms with Gasteiger partial charge in [-0.25, -0.2) is 0 Å². The Balaban J connectivity index is 1.45. The van der Waals surface area contributed by atoms with Crippen molar-refractivity contribution in [3.8, 4) is 0 Å². The Morgan fingerprint density at radius 3 is 2.72 bits per heavy atom. The van der Waals surface area contributed by atoms with Crippen molar-refractivity contribution in [2.75, 3.05) is 25.0 Å². The van der Waals surface area contributed by atoms with Crippen molar-refractivity contribution in [1.29, 1.82) is 0 Å². The fraction of sp³-hybridized carbons (Fsp3) is 0.550. The molecule has 0 aliphatic carbocycles. The van der Waals surface area contributed by atoms with E-state index in [2.05, 4.69) is 51.4 Å². The lowest BCUT2D eigenvalue weighted by Gasteiger charge is -2.35. The van der Waals surface area contributed by atoms with Crippen LogP contribution in [0.5, 0.6) is 0 Å². The Hall–Kier alpha value is -2.01. The molecule has 0 saturated carbocycles. The van der Waals surface area contributed by atoms with E-state index < -0.39 is 0 Å². The third kappa shape index (κ3) is 5.49. The number of hydrogen-bond donors (Lipinski definition) is 1. The molecule has 1 aliphatic heterocycles. The SMILES string of the molecule is CC(C)N1CCC[C@@H](Cc2ccc(NCCc3ccncc3)nn2)C1. The Morgan fingerprint density at radius 2 is 2.00 bits per heavy atom. The van der Waals surface area contributed by atoms with Crippen LogP contribution in [-0.2, 0) is 12.8 Å². The highest BCUT2D eigenvalue weighted by Gasteiger charge is 2.22. The van der Waals surface area contributed by atoms with Gasteiger partial charge in [0, 0.05) is 31.5 Å². The minimum atomic E-state index is 0.640. The van der Waals surface area contributed by atoms with Gasteiger partial charge in [-0.15, -0.1) is 5.10 Å². The van der Waals surface area contributed by atoms with Crippen molar-refractivity contribution < 1.29 is 0 Å². The molecule has 1 aliphatic rings. The van der Waals surface area contributed by atoms with Crippen LogP contribution in [0.1, 0.15) is 37.9 Å². The molecule has 5 nitrogen and oxygen atoms in total. The van der Waals surface area contributed by atoms with Gasteiger partial charge in [0.2, 0.25) is 0 Å². The fourth-order valence-corrected chi connectivity index (χ4v) is 3.48. The summed E-state index contributed by atoms with van der Waals surface area (Å²) < 4.78 is 0. The van der Waals surface area contributed by atoms with Crippen molar-refractivity contribution in [3.63, 3.8) is 0 Å². The fourth-order valence-electron chi connectivity index (χ4n) is 3.48. The van der Waals surface area contributed by atoms with Gasteiger partial charge in [-0.2, -0.15) is 5.10 Å². The summed E-state index contributed by atoms with van der Waals surface area (Å²) in [6.45, 7) is 7.85. The first-order valence-corrected chi connectivity index (χ1v) is 9.40. The van der Waals surface area contributed by atoms with Crippen molar-refractivity contribution >= 4 is 5.82 Å². The second kappa shape index (κ2) is 8.90. The van der Waals surface area contributed by atoms with E-state index in [1.165, 1.54) is 31.5 Å². The zero-order valence-corrected chi connectivity index (χ0v) is 15.4. The minimum absolute atomic E-state index is 0.640. The predicted molar refractivity (Wildman–Crippen MR) is 102 cm³/mol. The van der Waals surface area contributed by atoms with Gasteiger partial charge in [0.25, 0.3) is 0 Å². The molecule has 2 aromatic rings. The maximum Gasteiger partial charge on any atom is 0.148 e. The van der Waals surface area contributed by atoms with E-state index in [1.807, 2.05) is 24.5 Å². The van der Waals surface area contributed by atoms with Crippen LogP contribution in [0, 0.1) is 5.92 Å². The van der Waals surface area contributed by atoms with E-state index in [-0.39, 0.29) is 0 Å². The molecule has 0 spiro atoms. The van der Waals surface area contributed by atoms with E-state index >= 15 is 0 Å². The first-order valence-electron chi connectivity index (χ1n) is 9.40. The number of nitrogens with zero attached hydrogens (tertiary/aromatic N) is 4. The number of rotatable bonds is 7. The Labute approximate surface area is 150 Å². The maximum atomic E-state index is 4.43. The van der Waals surface area contributed by atoms with E-state index in [0.29, 0.717) is 12.0 Å². The number of piperidine rings is 1. The topological polar surface area (TPSA) is 53.9 Å². The third-order valence-electron chi connectivity index (χ3n) is 4.97. The van der Waals surface area contributed by atoms with E-state index in [1.54, 1.807) is 0 Å². The third-order valence-corrected chi connectivity index (χ3v) is 4.97. The van der Waals surface area contributed by atoms with Crippen LogP contribution < -0.4 is 5.32 Å². The molecular weight excluding hydrogens is 310 g/mol. The van der Waals surface area contributed by atoms with Gasteiger partial charge in [0.05, 0.1) is 5.69 Å². The summed E-state index contributed by atoms with van der Waals surface area (Å²) in [4.78, 5) is 6.62. The molecule has 0 unspecified atom stereocenters. The summed E-state index contributed by atoms with van der Waals surface area (Å²) in [5.41, 5.74) is 2.38. The monoisotopic (exact) mass is 339 g/mol. The van der Waals surface area contributed by atoms with Crippen molar-refractivity contribution in [3.05, 3.63) is 47.9 Å². The molecule has 2 aromatic heterocycles. The highest BCUT2D eigenvalue weighted by atomic mass is 15.2. The highest BCUT2D eigenvalue weighted by Crippen LogP contribution is 2.21. The first kappa shape index (κ1) is 17.8. The lowest BCUT2D eigenvalue weighted by atomic mass is 9.92. The zero-order chi connectivity index (χ0) is 17.5. The molecule has 5 heteroatoms. The first-order chi connectivity index (χ1) is 12.2. The van der Waals surface area contributed by atoms with Crippen LogP contribution in [0.25, 0.3) is 0 Å². The number of likely N-dealkylation sites (tertiary alicyclic amines) is 1. The van der Waals surface area contributed by atoms with Gasteiger partial charge in [-0.3, -0.25) is 4.98 Å². The van der Waals surface area contributed by atoms with E-state index in [4.69, 9.17) is 0 Å². The van der Waals surface area contributed by atoms with Crippen LogP contribution >= 0.6 is 0 Å². The number of hydrogen-bond acceptors (Lipinski definition) is 5. The number of anilines is 1. The number of aromatic nitrogens is 3. The second-order valence-corrected chi connectivity index (χ2v) is 7.24. The molecule has 134 valence electrons. The Morgan fingerprint density at radius 1 is 1.16 bits per heavy atom. The second-order valence-electron chi connectivity index (χ2n) is 7.24. The van der Waals surface area contributed by atoms with Crippen LogP contribution in [-0.4, -0.2) is 45.8 Å². The van der Waals surface area contributed by atoms with Crippen LogP contribution in [0.4, 0.5) is 5.82 Å².